The molecule has 0 aliphatic carbocycles. The normalized spacial score (nSPS) is 22.6. The lowest BCUT2D eigenvalue weighted by atomic mass is 10.1. The summed E-state index contributed by atoms with van der Waals surface area (Å²) in [4.78, 5) is 16.5. The molecular weight excluding hydrogens is 248 g/mol. The molecule has 1 amide bonds. The van der Waals surface area contributed by atoms with Gasteiger partial charge in [-0.1, -0.05) is 6.42 Å². The molecule has 2 N–H and O–H groups in total. The molecule has 0 aromatic rings. The van der Waals surface area contributed by atoms with Crippen LogP contribution in [0, 0.1) is 0 Å². The highest BCUT2D eigenvalue weighted by Gasteiger charge is 2.29. The molecule has 0 aromatic heterocycles. The molecule has 1 aliphatic rings. The molecule has 2 atom stereocenters. The topological polar surface area (TPSA) is 68.8 Å². The molecular formula is C13H26N2O4. The average Bonchev–Trinajstić information content (AvgIpc) is 2.81. The summed E-state index contributed by atoms with van der Waals surface area (Å²) in [5.41, 5.74) is 2.78. The lowest BCUT2D eigenvalue weighted by Gasteiger charge is -2.19. The zero-order valence-electron chi connectivity index (χ0n) is 11.9. The summed E-state index contributed by atoms with van der Waals surface area (Å²) >= 11 is 0. The largest absolute Gasteiger partial charge is 0.382 e. The zero-order chi connectivity index (χ0) is 13.9. The third-order valence-corrected chi connectivity index (χ3v) is 3.21. The van der Waals surface area contributed by atoms with Crippen molar-refractivity contribution in [2.75, 3.05) is 34.0 Å². The molecule has 19 heavy (non-hydrogen) atoms. The molecule has 1 rings (SSSR count). The highest BCUT2D eigenvalue weighted by atomic mass is 16.6. The van der Waals surface area contributed by atoms with Crippen molar-refractivity contribution in [2.24, 2.45) is 0 Å². The van der Waals surface area contributed by atoms with Crippen LogP contribution in [0.5, 0.6) is 0 Å². The van der Waals surface area contributed by atoms with Crippen molar-refractivity contribution in [1.29, 1.82) is 0 Å². The van der Waals surface area contributed by atoms with E-state index in [0.717, 1.165) is 32.2 Å². The van der Waals surface area contributed by atoms with Gasteiger partial charge in [0.2, 0.25) is 5.91 Å². The molecule has 1 aliphatic heterocycles. The molecule has 0 saturated carbocycles. The van der Waals surface area contributed by atoms with Gasteiger partial charge in [0.15, 0.2) is 0 Å². The number of carbonyl (C=O) groups excluding carboxylic acids is 1. The molecule has 6 heteroatoms. The van der Waals surface area contributed by atoms with Crippen molar-refractivity contribution < 1.29 is 19.1 Å². The van der Waals surface area contributed by atoms with Crippen molar-refractivity contribution in [2.45, 2.75) is 44.2 Å². The summed E-state index contributed by atoms with van der Waals surface area (Å²) in [6, 6.07) is 0.0996. The summed E-state index contributed by atoms with van der Waals surface area (Å²) in [5.74, 6) is 0.108. The van der Waals surface area contributed by atoms with Crippen LogP contribution in [-0.2, 0) is 19.1 Å². The smallest absolute Gasteiger partial charge is 0.220 e. The lowest BCUT2D eigenvalue weighted by molar-refractivity contribution is -0.122. The van der Waals surface area contributed by atoms with Gasteiger partial charge in [0, 0.05) is 26.7 Å². The molecule has 0 bridgehead atoms. The summed E-state index contributed by atoms with van der Waals surface area (Å²) in [7, 11) is 3.25. The van der Waals surface area contributed by atoms with Gasteiger partial charge < -0.3 is 19.6 Å². The summed E-state index contributed by atoms with van der Waals surface area (Å²) in [5, 5.41) is 3.03. The van der Waals surface area contributed by atoms with E-state index < -0.39 is 0 Å². The first-order chi connectivity index (χ1) is 9.27. The quantitative estimate of drug-likeness (QED) is 0.451. The number of methoxy groups -OCH3 is 1. The van der Waals surface area contributed by atoms with Crippen LogP contribution in [-0.4, -0.2) is 52.0 Å². The fraction of sp³-hybridized carbons (Fsp3) is 0.923. The molecule has 6 nitrogen and oxygen atoms in total. The Bertz CT molecular complexity index is 251. The van der Waals surface area contributed by atoms with E-state index in [9.17, 15) is 4.79 Å². The van der Waals surface area contributed by atoms with Crippen molar-refractivity contribution in [3.63, 3.8) is 0 Å². The van der Waals surface area contributed by atoms with E-state index in [1.165, 1.54) is 0 Å². The predicted octanol–water partition coefficient (Wildman–Crippen LogP) is 0.618. The summed E-state index contributed by atoms with van der Waals surface area (Å²) in [6.07, 6.45) is 4.38. The Labute approximate surface area is 115 Å². The molecule has 1 heterocycles. The van der Waals surface area contributed by atoms with E-state index in [1.807, 2.05) is 0 Å². The van der Waals surface area contributed by atoms with E-state index in [1.54, 1.807) is 14.2 Å². The minimum Gasteiger partial charge on any atom is -0.382 e. The van der Waals surface area contributed by atoms with E-state index in [0.29, 0.717) is 19.6 Å². The maximum absolute atomic E-state index is 11.8. The number of hydrogen-bond donors (Lipinski definition) is 2. The Morgan fingerprint density at radius 1 is 1.32 bits per heavy atom. The van der Waals surface area contributed by atoms with Gasteiger partial charge in [0.25, 0.3) is 0 Å². The minimum absolute atomic E-state index is 0.000136. The second kappa shape index (κ2) is 10.1. The molecule has 1 fully saturated rings. The highest BCUT2D eigenvalue weighted by molar-refractivity contribution is 5.76. The van der Waals surface area contributed by atoms with Gasteiger partial charge in [-0.25, -0.2) is 5.48 Å². The predicted molar refractivity (Wildman–Crippen MR) is 71.6 cm³/mol. The van der Waals surface area contributed by atoms with Crippen molar-refractivity contribution in [1.82, 2.24) is 10.8 Å². The van der Waals surface area contributed by atoms with Crippen LogP contribution in [0.2, 0.25) is 0 Å². The van der Waals surface area contributed by atoms with Gasteiger partial charge in [-0.15, -0.1) is 0 Å². The molecule has 0 spiro atoms. The molecule has 0 aromatic carbocycles. The number of carbonyl (C=O) groups is 1. The second-order valence-electron chi connectivity index (χ2n) is 4.74. The number of nitrogens with one attached hydrogen (secondary N) is 2. The second-order valence-corrected chi connectivity index (χ2v) is 4.74. The van der Waals surface area contributed by atoms with Gasteiger partial charge in [0.05, 0.1) is 19.8 Å². The number of ether oxygens (including phenoxy) is 2. The van der Waals surface area contributed by atoms with Crippen LogP contribution < -0.4 is 10.8 Å². The molecule has 0 radical (unpaired) electrons. The number of amides is 1. The first kappa shape index (κ1) is 16.4. The van der Waals surface area contributed by atoms with Gasteiger partial charge in [-0.2, -0.15) is 0 Å². The summed E-state index contributed by atoms with van der Waals surface area (Å²) in [6.45, 7) is 2.06. The van der Waals surface area contributed by atoms with E-state index in [2.05, 4.69) is 10.8 Å². The standard InChI is InChI=1S/C13H26N2O4/c1-17-10-12-11(7-9-19-12)15-13(16)6-4-3-5-8-14-18-2/h11-12,14H,3-10H2,1-2H3,(H,15,16). The third-order valence-electron chi connectivity index (χ3n) is 3.21. The monoisotopic (exact) mass is 274 g/mol. The fourth-order valence-electron chi connectivity index (χ4n) is 2.18. The maximum atomic E-state index is 11.8. The van der Waals surface area contributed by atoms with Gasteiger partial charge >= 0.3 is 0 Å². The van der Waals surface area contributed by atoms with Crippen molar-refractivity contribution >= 4 is 5.91 Å². The van der Waals surface area contributed by atoms with Crippen LogP contribution >= 0.6 is 0 Å². The number of hydroxylamine groups is 1. The van der Waals surface area contributed by atoms with E-state index in [-0.39, 0.29) is 18.1 Å². The first-order valence-electron chi connectivity index (χ1n) is 6.93. The van der Waals surface area contributed by atoms with Crippen LogP contribution in [0.15, 0.2) is 0 Å². The number of unbranched alkanes of at least 4 members (excludes halogenated alkanes) is 2. The van der Waals surface area contributed by atoms with Gasteiger partial charge in [-0.05, 0) is 19.3 Å². The van der Waals surface area contributed by atoms with Crippen molar-refractivity contribution in [3.8, 4) is 0 Å². The van der Waals surface area contributed by atoms with Gasteiger partial charge in [0.1, 0.15) is 6.10 Å². The first-order valence-corrected chi connectivity index (χ1v) is 6.93. The van der Waals surface area contributed by atoms with Crippen LogP contribution in [0.25, 0.3) is 0 Å². The molecule has 2 unspecified atom stereocenters. The van der Waals surface area contributed by atoms with Gasteiger partial charge in [-0.3, -0.25) is 4.79 Å². The highest BCUT2D eigenvalue weighted by Crippen LogP contribution is 2.14. The Morgan fingerprint density at radius 2 is 2.16 bits per heavy atom. The Balaban J connectivity index is 2.06. The zero-order valence-corrected chi connectivity index (χ0v) is 11.9. The Hall–Kier alpha value is -0.690. The molecule has 1 saturated heterocycles. The molecule has 112 valence electrons. The van der Waals surface area contributed by atoms with Crippen LogP contribution in [0.3, 0.4) is 0 Å². The number of hydrogen-bond acceptors (Lipinski definition) is 5. The van der Waals surface area contributed by atoms with E-state index in [4.69, 9.17) is 14.3 Å². The summed E-state index contributed by atoms with van der Waals surface area (Å²) < 4.78 is 10.6. The van der Waals surface area contributed by atoms with Crippen LogP contribution in [0.4, 0.5) is 0 Å². The number of rotatable bonds is 10. The van der Waals surface area contributed by atoms with E-state index >= 15 is 0 Å². The third kappa shape index (κ3) is 6.87. The minimum atomic E-state index is -0.000136. The average molecular weight is 274 g/mol. The fourth-order valence-corrected chi connectivity index (χ4v) is 2.18. The lowest BCUT2D eigenvalue weighted by Crippen LogP contribution is -2.42. The maximum Gasteiger partial charge on any atom is 0.220 e. The SMILES string of the molecule is COCC1OCCC1NC(=O)CCCCCNOC. The Kier molecular flexibility index (Phi) is 8.73. The van der Waals surface area contributed by atoms with Crippen molar-refractivity contribution in [3.05, 3.63) is 0 Å². The van der Waals surface area contributed by atoms with Crippen LogP contribution in [0.1, 0.15) is 32.1 Å². The Morgan fingerprint density at radius 3 is 2.89 bits per heavy atom.